The van der Waals surface area contributed by atoms with Crippen LogP contribution in [0.4, 0.5) is 10.1 Å². The molecule has 0 aliphatic carbocycles. The fraction of sp³-hybridized carbons (Fsp3) is 0.400. The van der Waals surface area contributed by atoms with Crippen molar-refractivity contribution < 1.29 is 13.9 Å². The molecule has 114 valence electrons. The van der Waals surface area contributed by atoms with Crippen LogP contribution in [0.3, 0.4) is 0 Å². The monoisotopic (exact) mass is 293 g/mol. The number of halogens is 1. The smallest absolute Gasteiger partial charge is 0.216 e. The number of rotatable bonds is 6. The van der Waals surface area contributed by atoms with Crippen LogP contribution >= 0.6 is 0 Å². The van der Waals surface area contributed by atoms with E-state index in [-0.39, 0.29) is 11.6 Å². The van der Waals surface area contributed by atoms with Crippen molar-refractivity contribution in [2.45, 2.75) is 20.4 Å². The van der Waals surface area contributed by atoms with Gasteiger partial charge in [0.2, 0.25) is 5.88 Å². The van der Waals surface area contributed by atoms with Crippen molar-refractivity contribution in [3.63, 3.8) is 0 Å². The molecule has 1 aromatic carbocycles. The van der Waals surface area contributed by atoms with Crippen LogP contribution in [0, 0.1) is 12.7 Å². The summed E-state index contributed by atoms with van der Waals surface area (Å²) < 4.78 is 26.0. The summed E-state index contributed by atoms with van der Waals surface area (Å²) in [6.45, 7) is 4.69. The number of methoxy groups -OCH3 is 1. The van der Waals surface area contributed by atoms with E-state index in [0.717, 1.165) is 11.3 Å². The molecular formula is C15H20FN3O2. The van der Waals surface area contributed by atoms with Crippen molar-refractivity contribution >= 4 is 5.69 Å². The van der Waals surface area contributed by atoms with Crippen molar-refractivity contribution in [1.29, 1.82) is 0 Å². The maximum atomic E-state index is 13.8. The van der Waals surface area contributed by atoms with Crippen LogP contribution in [0.25, 0.3) is 0 Å². The van der Waals surface area contributed by atoms with Crippen LogP contribution in [-0.2, 0) is 13.6 Å². The van der Waals surface area contributed by atoms with Crippen LogP contribution in [-0.4, -0.2) is 23.5 Å². The molecule has 0 saturated heterocycles. The molecule has 2 rings (SSSR count). The van der Waals surface area contributed by atoms with Crippen LogP contribution in [0.5, 0.6) is 11.6 Å². The summed E-state index contributed by atoms with van der Waals surface area (Å²) in [5.74, 6) is 0.585. The first-order valence-electron chi connectivity index (χ1n) is 6.79. The predicted molar refractivity (Wildman–Crippen MR) is 79.4 cm³/mol. The van der Waals surface area contributed by atoms with Crippen LogP contribution in [0.15, 0.2) is 18.2 Å². The minimum Gasteiger partial charge on any atom is -0.491 e. The van der Waals surface area contributed by atoms with Crippen LogP contribution in [0.1, 0.15) is 18.2 Å². The lowest BCUT2D eigenvalue weighted by molar-refractivity contribution is 0.321. The third-order valence-electron chi connectivity index (χ3n) is 3.18. The molecule has 6 heteroatoms. The molecule has 2 aromatic rings. The molecule has 0 aliphatic rings. The minimum absolute atomic E-state index is 0.262. The number of hydrogen-bond donors (Lipinski definition) is 1. The Hall–Kier alpha value is -2.24. The lowest BCUT2D eigenvalue weighted by Crippen LogP contribution is -2.03. The van der Waals surface area contributed by atoms with E-state index in [1.165, 1.54) is 6.07 Å². The molecule has 1 heterocycles. The second-order valence-corrected chi connectivity index (χ2v) is 4.63. The highest BCUT2D eigenvalue weighted by molar-refractivity contribution is 5.48. The third kappa shape index (κ3) is 3.26. The standard InChI is InChI=1S/C15H20FN3O2/c1-5-21-14-7-6-11(8-13(14)16)17-9-12-10(2)18-19(3)15(12)20-4/h6-8,17H,5,9H2,1-4H3. The quantitative estimate of drug-likeness (QED) is 0.889. The largest absolute Gasteiger partial charge is 0.491 e. The SMILES string of the molecule is CCOc1ccc(NCc2c(C)nn(C)c2OC)cc1F. The van der Waals surface area contributed by atoms with Crippen molar-refractivity contribution in [2.75, 3.05) is 19.0 Å². The zero-order valence-corrected chi connectivity index (χ0v) is 12.7. The third-order valence-corrected chi connectivity index (χ3v) is 3.18. The highest BCUT2D eigenvalue weighted by Gasteiger charge is 2.13. The van der Waals surface area contributed by atoms with Crippen molar-refractivity contribution in [3.8, 4) is 11.6 Å². The van der Waals surface area contributed by atoms with Crippen LogP contribution in [0.2, 0.25) is 0 Å². The summed E-state index contributed by atoms with van der Waals surface area (Å²) in [5.41, 5.74) is 2.52. The van der Waals surface area contributed by atoms with Gasteiger partial charge >= 0.3 is 0 Å². The highest BCUT2D eigenvalue weighted by atomic mass is 19.1. The van der Waals surface area contributed by atoms with E-state index in [4.69, 9.17) is 9.47 Å². The summed E-state index contributed by atoms with van der Waals surface area (Å²) in [6, 6.07) is 4.82. The van der Waals surface area contributed by atoms with Gasteiger partial charge in [0.05, 0.1) is 25.0 Å². The van der Waals surface area contributed by atoms with E-state index < -0.39 is 0 Å². The first-order chi connectivity index (χ1) is 10.1. The van der Waals surface area contributed by atoms with Crippen molar-refractivity contribution in [1.82, 2.24) is 9.78 Å². The Balaban J connectivity index is 2.12. The van der Waals surface area contributed by atoms with Gasteiger partial charge in [-0.3, -0.25) is 0 Å². The average molecular weight is 293 g/mol. The van der Waals surface area contributed by atoms with Crippen molar-refractivity contribution in [2.24, 2.45) is 7.05 Å². The van der Waals surface area contributed by atoms with E-state index in [1.54, 1.807) is 23.9 Å². The molecular weight excluding hydrogens is 273 g/mol. The fourth-order valence-electron chi connectivity index (χ4n) is 2.21. The molecule has 0 amide bonds. The summed E-state index contributed by atoms with van der Waals surface area (Å²) >= 11 is 0. The zero-order chi connectivity index (χ0) is 15.4. The number of nitrogens with one attached hydrogen (secondary N) is 1. The van der Waals surface area contributed by atoms with E-state index >= 15 is 0 Å². The number of aromatic nitrogens is 2. The van der Waals surface area contributed by atoms with Gasteiger partial charge in [-0.15, -0.1) is 0 Å². The Labute approximate surface area is 123 Å². The van der Waals surface area contributed by atoms with Gasteiger partial charge in [-0.05, 0) is 26.0 Å². The van der Waals surface area contributed by atoms with E-state index in [0.29, 0.717) is 24.7 Å². The fourth-order valence-corrected chi connectivity index (χ4v) is 2.21. The highest BCUT2D eigenvalue weighted by Crippen LogP contribution is 2.24. The van der Waals surface area contributed by atoms with Gasteiger partial charge < -0.3 is 14.8 Å². The lowest BCUT2D eigenvalue weighted by atomic mass is 10.2. The molecule has 21 heavy (non-hydrogen) atoms. The first kappa shape index (κ1) is 15.2. The van der Waals surface area contributed by atoms with Gasteiger partial charge in [0.25, 0.3) is 0 Å². The predicted octanol–water partition coefficient (Wildman–Crippen LogP) is 2.89. The van der Waals surface area contributed by atoms with Gasteiger partial charge in [-0.25, -0.2) is 9.07 Å². The van der Waals surface area contributed by atoms with E-state index in [9.17, 15) is 4.39 Å². The number of aryl methyl sites for hydroxylation is 2. The first-order valence-corrected chi connectivity index (χ1v) is 6.79. The van der Waals surface area contributed by atoms with Gasteiger partial charge in [0.15, 0.2) is 11.6 Å². The normalized spacial score (nSPS) is 10.5. The topological polar surface area (TPSA) is 48.3 Å². The molecule has 0 spiro atoms. The summed E-state index contributed by atoms with van der Waals surface area (Å²) in [7, 11) is 3.43. The molecule has 1 aromatic heterocycles. The molecule has 0 fully saturated rings. The molecule has 0 atom stereocenters. The van der Waals surface area contributed by atoms with Crippen molar-refractivity contribution in [3.05, 3.63) is 35.3 Å². The molecule has 1 N–H and O–H groups in total. The van der Waals surface area contributed by atoms with Gasteiger partial charge in [0, 0.05) is 25.3 Å². The molecule has 0 unspecified atom stereocenters. The average Bonchev–Trinajstić information content (AvgIpc) is 2.73. The molecule has 0 bridgehead atoms. The number of anilines is 1. The number of hydrogen-bond acceptors (Lipinski definition) is 4. The van der Waals surface area contributed by atoms with Gasteiger partial charge in [0.1, 0.15) is 0 Å². The van der Waals surface area contributed by atoms with Gasteiger partial charge in [-0.2, -0.15) is 5.10 Å². The summed E-state index contributed by atoms with van der Waals surface area (Å²) in [5, 5.41) is 7.48. The summed E-state index contributed by atoms with van der Waals surface area (Å²) in [4.78, 5) is 0. The molecule has 0 aliphatic heterocycles. The summed E-state index contributed by atoms with van der Waals surface area (Å²) in [6.07, 6.45) is 0. The number of benzene rings is 1. The Morgan fingerprint density at radius 2 is 2.14 bits per heavy atom. The molecule has 0 saturated carbocycles. The maximum absolute atomic E-state index is 13.8. The van der Waals surface area contributed by atoms with Gasteiger partial charge in [-0.1, -0.05) is 0 Å². The zero-order valence-electron chi connectivity index (χ0n) is 12.7. The molecule has 5 nitrogen and oxygen atoms in total. The second kappa shape index (κ2) is 6.47. The van der Waals surface area contributed by atoms with E-state index in [1.807, 2.05) is 20.9 Å². The minimum atomic E-state index is -0.378. The Kier molecular flexibility index (Phi) is 4.67. The maximum Gasteiger partial charge on any atom is 0.216 e. The number of nitrogens with zero attached hydrogens (tertiary/aromatic N) is 2. The lowest BCUT2D eigenvalue weighted by Gasteiger charge is -2.10. The number of ether oxygens (including phenoxy) is 2. The second-order valence-electron chi connectivity index (χ2n) is 4.63. The van der Waals surface area contributed by atoms with Crippen LogP contribution < -0.4 is 14.8 Å². The van der Waals surface area contributed by atoms with E-state index in [2.05, 4.69) is 10.4 Å². The molecule has 0 radical (unpaired) electrons. The Bertz CT molecular complexity index is 626. The Morgan fingerprint density at radius 1 is 1.38 bits per heavy atom. The Morgan fingerprint density at radius 3 is 2.76 bits per heavy atom.